The maximum Gasteiger partial charge on any atom is 0.250 e. The van der Waals surface area contributed by atoms with Gasteiger partial charge >= 0.3 is 0 Å². The van der Waals surface area contributed by atoms with Gasteiger partial charge in [0.25, 0.3) is 0 Å². The van der Waals surface area contributed by atoms with Gasteiger partial charge in [-0.1, -0.05) is 28.7 Å². The molecule has 1 aliphatic heterocycles. The number of aromatic nitrogens is 3. The molecular weight excluding hydrogens is 534 g/mol. The first-order valence-corrected chi connectivity index (χ1v) is 11.9. The minimum absolute atomic E-state index is 0.122. The van der Waals surface area contributed by atoms with E-state index in [1.54, 1.807) is 30.1 Å². The van der Waals surface area contributed by atoms with Crippen LogP contribution < -0.4 is 10.5 Å². The van der Waals surface area contributed by atoms with Crippen molar-refractivity contribution in [2.45, 2.75) is 3.92 Å². The van der Waals surface area contributed by atoms with Crippen LogP contribution in [0.4, 0.5) is 10.1 Å². The van der Waals surface area contributed by atoms with Crippen LogP contribution in [0.15, 0.2) is 65.7 Å². The molecule has 0 amide bonds. The van der Waals surface area contributed by atoms with Gasteiger partial charge in [-0.25, -0.2) is 14.4 Å². The Morgan fingerprint density at radius 3 is 2.70 bits per heavy atom. The summed E-state index contributed by atoms with van der Waals surface area (Å²) in [4.78, 5) is 23.4. The molecule has 8 heteroatoms. The van der Waals surface area contributed by atoms with Gasteiger partial charge in [0.1, 0.15) is 12.1 Å². The first-order valence-electron chi connectivity index (χ1n) is 10.7. The number of hydrogen-bond donors (Lipinski definition) is 0. The van der Waals surface area contributed by atoms with Crippen molar-refractivity contribution in [3.05, 3.63) is 88.4 Å². The fourth-order valence-corrected chi connectivity index (χ4v) is 5.28. The van der Waals surface area contributed by atoms with Gasteiger partial charge < -0.3 is 14.2 Å². The lowest BCUT2D eigenvalue weighted by Crippen LogP contribution is -2.36. The lowest BCUT2D eigenvalue weighted by Gasteiger charge is -2.29. The Labute approximate surface area is 204 Å². The Kier molecular flexibility index (Phi) is 6.11. The second kappa shape index (κ2) is 9.18. The molecule has 1 unspecified atom stereocenters. The number of alkyl halides is 1. The molecule has 0 aliphatic carbocycles. The molecule has 3 heterocycles. The van der Waals surface area contributed by atoms with Crippen LogP contribution in [0.25, 0.3) is 22.2 Å². The number of anilines is 1. The van der Waals surface area contributed by atoms with E-state index < -0.39 is 0 Å². The van der Waals surface area contributed by atoms with E-state index in [4.69, 9.17) is 4.74 Å². The summed E-state index contributed by atoms with van der Waals surface area (Å²) >= 11 is 2.18. The number of morpholine rings is 1. The Hall–Kier alpha value is -2.85. The van der Waals surface area contributed by atoms with Gasteiger partial charge in [0.05, 0.1) is 28.3 Å². The van der Waals surface area contributed by atoms with Crippen LogP contribution in [0.1, 0.15) is 15.2 Å². The Morgan fingerprint density at radius 2 is 1.88 bits per heavy atom. The number of ether oxygens (including phenoxy) is 1. The molecule has 6 nitrogen and oxygen atoms in total. The fourth-order valence-electron chi connectivity index (χ4n) is 4.17. The molecule has 0 saturated carbocycles. The molecule has 33 heavy (non-hydrogen) atoms. The third kappa shape index (κ3) is 4.24. The molecule has 0 bridgehead atoms. The van der Waals surface area contributed by atoms with Crippen LogP contribution in [0, 0.1) is 5.82 Å². The molecule has 0 radical (unpaired) electrons. The van der Waals surface area contributed by atoms with Crippen LogP contribution in [0.3, 0.4) is 0 Å². The SMILES string of the molecule is Cn1c(C(I)c2cc(-c3ncnc4cc(N5CCOCC5)ccc34)ccc2F)cccc1=O. The summed E-state index contributed by atoms with van der Waals surface area (Å²) in [5.41, 5.74) is 4.62. The molecule has 2 aromatic carbocycles. The zero-order chi connectivity index (χ0) is 22.9. The van der Waals surface area contributed by atoms with Crippen molar-refractivity contribution in [2.75, 3.05) is 31.2 Å². The second-order valence-electron chi connectivity index (χ2n) is 7.97. The molecule has 1 fully saturated rings. The molecule has 1 aliphatic rings. The van der Waals surface area contributed by atoms with E-state index in [1.165, 1.54) is 12.1 Å². The summed E-state index contributed by atoms with van der Waals surface area (Å²) in [6.45, 7) is 3.14. The highest BCUT2D eigenvalue weighted by Crippen LogP contribution is 2.36. The average Bonchev–Trinajstić information content (AvgIpc) is 2.85. The monoisotopic (exact) mass is 556 g/mol. The van der Waals surface area contributed by atoms with Gasteiger partial charge in [0.2, 0.25) is 5.56 Å². The summed E-state index contributed by atoms with van der Waals surface area (Å²) in [6.07, 6.45) is 1.55. The Bertz CT molecular complexity index is 1380. The van der Waals surface area contributed by atoms with Crippen molar-refractivity contribution >= 4 is 39.2 Å². The van der Waals surface area contributed by atoms with E-state index in [2.05, 4.69) is 49.6 Å². The number of pyridine rings is 1. The maximum absolute atomic E-state index is 14.9. The summed E-state index contributed by atoms with van der Waals surface area (Å²) < 4.78 is 21.6. The predicted octanol–water partition coefficient (Wildman–Crippen LogP) is 4.50. The minimum atomic E-state index is -0.331. The second-order valence-corrected chi connectivity index (χ2v) is 9.22. The van der Waals surface area contributed by atoms with E-state index in [9.17, 15) is 9.18 Å². The highest BCUT2D eigenvalue weighted by molar-refractivity contribution is 14.1. The lowest BCUT2D eigenvalue weighted by molar-refractivity contribution is 0.122. The van der Waals surface area contributed by atoms with Gasteiger partial charge in [0.15, 0.2) is 0 Å². The highest BCUT2D eigenvalue weighted by Gasteiger charge is 2.20. The molecule has 1 saturated heterocycles. The normalized spacial score (nSPS) is 15.1. The highest BCUT2D eigenvalue weighted by atomic mass is 127. The first kappa shape index (κ1) is 22.0. The van der Waals surface area contributed by atoms with Crippen molar-refractivity contribution in [2.24, 2.45) is 7.05 Å². The number of hydrogen-bond acceptors (Lipinski definition) is 5. The van der Waals surface area contributed by atoms with Crippen LogP contribution in [0.5, 0.6) is 0 Å². The molecule has 0 spiro atoms. The van der Waals surface area contributed by atoms with Crippen LogP contribution in [-0.2, 0) is 11.8 Å². The van der Waals surface area contributed by atoms with Crippen LogP contribution in [-0.4, -0.2) is 40.8 Å². The summed E-state index contributed by atoms with van der Waals surface area (Å²) in [6, 6.07) is 16.2. The Morgan fingerprint density at radius 1 is 1.06 bits per heavy atom. The maximum atomic E-state index is 14.9. The van der Waals surface area contributed by atoms with E-state index in [-0.39, 0.29) is 15.3 Å². The van der Waals surface area contributed by atoms with Gasteiger partial charge in [-0.05, 0) is 42.5 Å². The fraction of sp³-hybridized carbons (Fsp3) is 0.240. The van der Waals surface area contributed by atoms with Crippen molar-refractivity contribution in [1.29, 1.82) is 0 Å². The van der Waals surface area contributed by atoms with Crippen molar-refractivity contribution in [1.82, 2.24) is 14.5 Å². The van der Waals surface area contributed by atoms with Crippen LogP contribution >= 0.6 is 22.6 Å². The van der Waals surface area contributed by atoms with E-state index in [1.807, 2.05) is 18.2 Å². The molecule has 4 aromatic rings. The third-order valence-electron chi connectivity index (χ3n) is 6.02. The molecule has 1 atom stereocenters. The largest absolute Gasteiger partial charge is 0.378 e. The van der Waals surface area contributed by atoms with Crippen molar-refractivity contribution in [3.8, 4) is 11.3 Å². The van der Waals surface area contributed by atoms with Gasteiger partial charge in [-0.2, -0.15) is 0 Å². The quantitative estimate of drug-likeness (QED) is 0.274. The third-order valence-corrected chi connectivity index (χ3v) is 7.33. The lowest BCUT2D eigenvalue weighted by atomic mass is 10.0. The number of halogens is 2. The standard InChI is InChI=1S/C25H22FIN4O2/c1-30-22(3-2-4-23(30)32)24(27)19-13-16(5-8-20(19)26)25-18-7-6-17(14-21(18)28-15-29-25)31-9-11-33-12-10-31/h2-8,13-15,24H,9-12H2,1H3. The van der Waals surface area contributed by atoms with Gasteiger partial charge in [-0.3, -0.25) is 4.79 Å². The molecular formula is C25H22FIN4O2. The number of rotatable bonds is 4. The molecule has 2 aromatic heterocycles. The average molecular weight is 556 g/mol. The summed E-state index contributed by atoms with van der Waals surface area (Å²) in [5.74, 6) is -0.317. The molecule has 0 N–H and O–H groups in total. The van der Waals surface area contributed by atoms with Gasteiger partial charge in [-0.15, -0.1) is 0 Å². The van der Waals surface area contributed by atoms with E-state index in [0.29, 0.717) is 5.56 Å². The smallest absolute Gasteiger partial charge is 0.250 e. The molecule has 5 rings (SSSR count). The summed E-state index contributed by atoms with van der Waals surface area (Å²) in [7, 11) is 1.70. The van der Waals surface area contributed by atoms with Gasteiger partial charge in [0, 0.05) is 54.1 Å². The predicted molar refractivity (Wildman–Crippen MR) is 136 cm³/mol. The number of fused-ring (bicyclic) bond motifs is 1. The van der Waals surface area contributed by atoms with E-state index in [0.717, 1.165) is 59.8 Å². The summed E-state index contributed by atoms with van der Waals surface area (Å²) in [5, 5.41) is 0.907. The molecule has 168 valence electrons. The van der Waals surface area contributed by atoms with Crippen LogP contribution in [0.2, 0.25) is 0 Å². The number of benzene rings is 2. The minimum Gasteiger partial charge on any atom is -0.378 e. The first-order chi connectivity index (χ1) is 16.0. The van der Waals surface area contributed by atoms with E-state index >= 15 is 0 Å². The topological polar surface area (TPSA) is 60.3 Å². The van der Waals surface area contributed by atoms with Crippen molar-refractivity contribution < 1.29 is 9.13 Å². The Balaban J connectivity index is 1.56. The van der Waals surface area contributed by atoms with Crippen molar-refractivity contribution in [3.63, 3.8) is 0 Å². The zero-order valence-corrected chi connectivity index (χ0v) is 20.2. The number of nitrogens with zero attached hydrogens (tertiary/aromatic N) is 4. The zero-order valence-electron chi connectivity index (χ0n) is 18.0.